The van der Waals surface area contributed by atoms with Crippen LogP contribution in [0.3, 0.4) is 0 Å². The van der Waals surface area contributed by atoms with E-state index in [1.165, 1.54) is 5.57 Å². The molecule has 0 spiro atoms. The second-order valence-electron chi connectivity index (χ2n) is 2.16. The lowest BCUT2D eigenvalue weighted by atomic mass is 10.4. The molecule has 0 amide bonds. The quantitative estimate of drug-likeness (QED) is 0.447. The molecule has 0 unspecified atom stereocenters. The van der Waals surface area contributed by atoms with Gasteiger partial charge >= 0.3 is 0 Å². The molecule has 0 aromatic rings. The highest BCUT2D eigenvalue weighted by Crippen LogP contribution is 1.81. The number of hydrogen-bond acceptors (Lipinski definition) is 1. The van der Waals surface area contributed by atoms with Crippen molar-refractivity contribution < 1.29 is 0 Å². The molecule has 9 heavy (non-hydrogen) atoms. The normalized spacial score (nSPS) is 8.33. The van der Waals surface area contributed by atoms with E-state index in [2.05, 4.69) is 18.0 Å². The van der Waals surface area contributed by atoms with Crippen LogP contribution < -0.4 is 5.32 Å². The summed E-state index contributed by atoms with van der Waals surface area (Å²) in [5.41, 5.74) is 4.34. The van der Waals surface area contributed by atoms with Crippen LogP contribution in [0.25, 0.3) is 0 Å². The van der Waals surface area contributed by atoms with Crippen molar-refractivity contribution in [2.24, 2.45) is 0 Å². The van der Waals surface area contributed by atoms with E-state index in [9.17, 15) is 0 Å². The van der Waals surface area contributed by atoms with Gasteiger partial charge in [-0.2, -0.15) is 0 Å². The number of nitrogens with one attached hydrogen (secondary N) is 1. The molecule has 52 valence electrons. The molecule has 0 aliphatic rings. The first-order valence-corrected chi connectivity index (χ1v) is 3.36. The minimum atomic E-state index is 0.932. The summed E-state index contributed by atoms with van der Waals surface area (Å²) < 4.78 is 0. The first-order chi connectivity index (χ1) is 4.27. The van der Waals surface area contributed by atoms with E-state index in [0.29, 0.717) is 0 Å². The lowest BCUT2D eigenvalue weighted by Crippen LogP contribution is -2.11. The molecule has 0 radical (unpaired) electrons. The summed E-state index contributed by atoms with van der Waals surface area (Å²) in [6.45, 7) is 8.14. The van der Waals surface area contributed by atoms with Gasteiger partial charge in [-0.05, 0) is 32.0 Å². The van der Waals surface area contributed by atoms with Gasteiger partial charge in [0.05, 0.1) is 0 Å². The lowest BCUT2D eigenvalue weighted by molar-refractivity contribution is 0.799. The Morgan fingerprint density at radius 1 is 1.56 bits per heavy atom. The van der Waals surface area contributed by atoms with Crippen molar-refractivity contribution in [1.29, 1.82) is 0 Å². The van der Waals surface area contributed by atoms with Gasteiger partial charge in [0, 0.05) is 6.54 Å². The molecule has 0 bridgehead atoms. The van der Waals surface area contributed by atoms with Crippen molar-refractivity contribution in [3.63, 3.8) is 0 Å². The minimum Gasteiger partial charge on any atom is -0.313 e. The molecule has 1 N–H and O–H groups in total. The van der Waals surface area contributed by atoms with E-state index in [1.54, 1.807) is 0 Å². The van der Waals surface area contributed by atoms with Gasteiger partial charge < -0.3 is 5.32 Å². The Hall–Kier alpha value is -0.520. The van der Waals surface area contributed by atoms with Crippen LogP contribution in [0.2, 0.25) is 0 Å². The first kappa shape index (κ1) is 8.48. The molecular weight excluding hydrogens is 110 g/mol. The standard InChI is InChI=1S/C8H15N/c1-4-9-7-5-6-8(2)3/h5,9H,4,7H2,1-3H3. The third-order valence-corrected chi connectivity index (χ3v) is 0.887. The van der Waals surface area contributed by atoms with Crippen molar-refractivity contribution in [2.45, 2.75) is 20.8 Å². The van der Waals surface area contributed by atoms with Crippen LogP contribution in [-0.2, 0) is 0 Å². The Kier molecular flexibility index (Phi) is 5.29. The van der Waals surface area contributed by atoms with Gasteiger partial charge in [0.15, 0.2) is 0 Å². The van der Waals surface area contributed by atoms with Gasteiger partial charge in [0.2, 0.25) is 0 Å². The highest BCUT2D eigenvalue weighted by Gasteiger charge is 1.71. The molecule has 0 fully saturated rings. The fraction of sp³-hybridized carbons (Fsp3) is 0.625. The third-order valence-electron chi connectivity index (χ3n) is 0.887. The summed E-state index contributed by atoms with van der Waals surface area (Å²) in [6.07, 6.45) is 2.01. The lowest BCUT2D eigenvalue weighted by Gasteiger charge is -1.89. The number of rotatable bonds is 3. The largest absolute Gasteiger partial charge is 0.313 e. The Morgan fingerprint density at radius 2 is 2.22 bits per heavy atom. The summed E-state index contributed by atoms with van der Waals surface area (Å²) in [5, 5.41) is 3.17. The van der Waals surface area contributed by atoms with Crippen molar-refractivity contribution in [2.75, 3.05) is 13.1 Å². The van der Waals surface area contributed by atoms with Gasteiger partial charge in [-0.15, -0.1) is 5.73 Å². The number of likely N-dealkylation sites (N-methyl/N-ethyl adjacent to an activating group) is 1. The van der Waals surface area contributed by atoms with Crippen LogP contribution in [0, 0.1) is 0 Å². The first-order valence-electron chi connectivity index (χ1n) is 3.36. The Bertz CT molecular complexity index is 115. The van der Waals surface area contributed by atoms with Crippen LogP contribution in [0.1, 0.15) is 20.8 Å². The molecule has 0 aliphatic carbocycles. The molecule has 0 aromatic heterocycles. The predicted octanol–water partition coefficient (Wildman–Crippen LogP) is 1.72. The van der Waals surface area contributed by atoms with E-state index in [4.69, 9.17) is 0 Å². The maximum absolute atomic E-state index is 3.17. The van der Waals surface area contributed by atoms with E-state index in [-0.39, 0.29) is 0 Å². The predicted molar refractivity (Wildman–Crippen MR) is 41.5 cm³/mol. The smallest absolute Gasteiger partial charge is 0.0209 e. The van der Waals surface area contributed by atoms with Crippen LogP contribution in [0.15, 0.2) is 17.4 Å². The summed E-state index contributed by atoms with van der Waals surface area (Å²) >= 11 is 0. The molecule has 0 aromatic carbocycles. The van der Waals surface area contributed by atoms with Crippen LogP contribution in [0.4, 0.5) is 0 Å². The highest BCUT2D eigenvalue weighted by atomic mass is 14.8. The summed E-state index contributed by atoms with van der Waals surface area (Å²) in [4.78, 5) is 0. The molecule has 0 rings (SSSR count). The fourth-order valence-electron chi connectivity index (χ4n) is 0.472. The average molecular weight is 125 g/mol. The highest BCUT2D eigenvalue weighted by molar-refractivity contribution is 4.94. The minimum absolute atomic E-state index is 0.932. The molecule has 0 aliphatic heterocycles. The molecule has 0 saturated heterocycles. The van der Waals surface area contributed by atoms with Gasteiger partial charge in [-0.3, -0.25) is 0 Å². The van der Waals surface area contributed by atoms with Gasteiger partial charge in [0.25, 0.3) is 0 Å². The number of hydrogen-bond donors (Lipinski definition) is 1. The van der Waals surface area contributed by atoms with Crippen molar-refractivity contribution in [3.05, 3.63) is 17.4 Å². The third kappa shape index (κ3) is 7.48. The molecule has 0 saturated carbocycles. The average Bonchev–Trinajstić information content (AvgIpc) is 1.80. The fourth-order valence-corrected chi connectivity index (χ4v) is 0.472. The summed E-state index contributed by atoms with van der Waals surface area (Å²) in [5.74, 6) is 0. The SMILES string of the molecule is CCNCC=C=C(C)C. The van der Waals surface area contributed by atoms with Crippen LogP contribution >= 0.6 is 0 Å². The van der Waals surface area contributed by atoms with Gasteiger partial charge in [0.1, 0.15) is 0 Å². The van der Waals surface area contributed by atoms with E-state index in [1.807, 2.05) is 19.9 Å². The molecule has 0 atom stereocenters. The molecule has 0 heterocycles. The second-order valence-corrected chi connectivity index (χ2v) is 2.16. The Morgan fingerprint density at radius 3 is 2.67 bits per heavy atom. The monoisotopic (exact) mass is 125 g/mol. The summed E-state index contributed by atoms with van der Waals surface area (Å²) in [6, 6.07) is 0. The summed E-state index contributed by atoms with van der Waals surface area (Å²) in [7, 11) is 0. The maximum Gasteiger partial charge on any atom is 0.0209 e. The topological polar surface area (TPSA) is 12.0 Å². The van der Waals surface area contributed by atoms with E-state index in [0.717, 1.165) is 13.1 Å². The van der Waals surface area contributed by atoms with E-state index < -0.39 is 0 Å². The Balaban J connectivity index is 3.36. The van der Waals surface area contributed by atoms with Crippen LogP contribution in [-0.4, -0.2) is 13.1 Å². The van der Waals surface area contributed by atoms with Gasteiger partial charge in [-0.25, -0.2) is 0 Å². The van der Waals surface area contributed by atoms with Gasteiger partial charge in [-0.1, -0.05) is 6.92 Å². The van der Waals surface area contributed by atoms with Crippen molar-refractivity contribution in [1.82, 2.24) is 5.32 Å². The zero-order chi connectivity index (χ0) is 7.11. The molecule has 1 nitrogen and oxygen atoms in total. The molecule has 1 heteroatoms. The van der Waals surface area contributed by atoms with Crippen molar-refractivity contribution in [3.8, 4) is 0 Å². The maximum atomic E-state index is 3.17. The van der Waals surface area contributed by atoms with Crippen LogP contribution in [0.5, 0.6) is 0 Å². The van der Waals surface area contributed by atoms with E-state index >= 15 is 0 Å². The Labute approximate surface area is 57.5 Å². The zero-order valence-electron chi connectivity index (χ0n) is 6.49. The zero-order valence-corrected chi connectivity index (χ0v) is 6.49. The van der Waals surface area contributed by atoms with Crippen molar-refractivity contribution >= 4 is 0 Å². The molecular formula is C8H15N. The second kappa shape index (κ2) is 5.61.